The van der Waals surface area contributed by atoms with E-state index >= 15 is 0 Å². The van der Waals surface area contributed by atoms with Gasteiger partial charge in [-0.1, -0.05) is 7.43 Å². The second-order valence-electron chi connectivity index (χ2n) is 6.27. The number of hydrogen-bond acceptors (Lipinski definition) is 5. The fourth-order valence-corrected chi connectivity index (χ4v) is 3.02. The largest absolute Gasteiger partial charge is 0.462 e. The van der Waals surface area contributed by atoms with Gasteiger partial charge in [-0.3, -0.25) is 4.79 Å². The Labute approximate surface area is 175 Å². The molecule has 0 saturated carbocycles. The van der Waals surface area contributed by atoms with Crippen LogP contribution in [0.1, 0.15) is 40.6 Å². The summed E-state index contributed by atoms with van der Waals surface area (Å²) in [6, 6.07) is 14.4. The quantitative estimate of drug-likeness (QED) is 0.476. The first-order valence-corrected chi connectivity index (χ1v) is 9.19. The molecule has 0 fully saturated rings. The van der Waals surface area contributed by atoms with Crippen LogP contribution in [-0.2, 0) is 9.47 Å². The Balaban J connectivity index is 0.00000320. The van der Waals surface area contributed by atoms with Gasteiger partial charge in [-0.15, -0.1) is 0 Å². The molecular formula is C23H25N3O4. The summed E-state index contributed by atoms with van der Waals surface area (Å²) < 4.78 is 11.8. The van der Waals surface area contributed by atoms with Crippen LogP contribution in [0.2, 0.25) is 0 Å². The lowest BCUT2D eigenvalue weighted by atomic mass is 10.1. The van der Waals surface area contributed by atoms with E-state index in [0.29, 0.717) is 41.8 Å². The molecule has 1 heterocycles. The number of aromatic nitrogens is 1. The maximum atomic E-state index is 12.3. The molecule has 7 heteroatoms. The zero-order valence-corrected chi connectivity index (χ0v) is 16.3. The second kappa shape index (κ2) is 10.2. The average molecular weight is 407 g/mol. The van der Waals surface area contributed by atoms with Crippen molar-refractivity contribution in [1.29, 1.82) is 5.26 Å². The summed E-state index contributed by atoms with van der Waals surface area (Å²) in [7, 11) is 1.57. The van der Waals surface area contributed by atoms with Crippen molar-refractivity contribution in [2.75, 3.05) is 26.9 Å². The molecule has 156 valence electrons. The standard InChI is InChI=1S/C22H21N3O4.CH4/c1-3-29-22(27)15-4-7-18(8-5-15)25-14-17(13-23)19-12-16(6-9-20(19)25)21(26)24-10-11-28-2;/h4-9,12,14H,3,10-11H2,1-2H3,(H,24,26);1H4. The zero-order chi connectivity index (χ0) is 20.8. The minimum atomic E-state index is -0.377. The molecule has 0 radical (unpaired) electrons. The summed E-state index contributed by atoms with van der Waals surface area (Å²) in [6.07, 6.45) is 1.72. The van der Waals surface area contributed by atoms with Crippen molar-refractivity contribution in [2.24, 2.45) is 0 Å². The van der Waals surface area contributed by atoms with E-state index in [1.54, 1.807) is 62.7 Å². The third-order valence-corrected chi connectivity index (χ3v) is 4.44. The van der Waals surface area contributed by atoms with Gasteiger partial charge in [0.05, 0.1) is 29.9 Å². The molecule has 1 N–H and O–H groups in total. The number of nitrogens with zero attached hydrogens (tertiary/aromatic N) is 2. The van der Waals surface area contributed by atoms with Crippen molar-refractivity contribution in [3.8, 4) is 11.8 Å². The maximum Gasteiger partial charge on any atom is 0.338 e. The molecule has 0 aliphatic heterocycles. The van der Waals surface area contributed by atoms with E-state index in [1.807, 2.05) is 4.57 Å². The number of esters is 1. The predicted octanol–water partition coefficient (Wildman–Crippen LogP) is 3.69. The van der Waals surface area contributed by atoms with Crippen LogP contribution in [0, 0.1) is 11.3 Å². The van der Waals surface area contributed by atoms with Crippen molar-refractivity contribution in [3.05, 3.63) is 65.4 Å². The molecular weight excluding hydrogens is 382 g/mol. The van der Waals surface area contributed by atoms with E-state index in [0.717, 1.165) is 11.2 Å². The highest BCUT2D eigenvalue weighted by atomic mass is 16.5. The molecule has 2 aromatic carbocycles. The Hall–Kier alpha value is -3.63. The number of rotatable bonds is 7. The summed E-state index contributed by atoms with van der Waals surface area (Å²) in [5.41, 5.74) is 2.98. The smallest absolute Gasteiger partial charge is 0.338 e. The van der Waals surface area contributed by atoms with Gasteiger partial charge in [-0.25, -0.2) is 4.79 Å². The number of amides is 1. The molecule has 3 aromatic rings. The lowest BCUT2D eigenvalue weighted by molar-refractivity contribution is 0.0526. The van der Waals surface area contributed by atoms with Crippen molar-refractivity contribution in [2.45, 2.75) is 14.4 Å². The molecule has 7 nitrogen and oxygen atoms in total. The number of nitrogens with one attached hydrogen (secondary N) is 1. The topological polar surface area (TPSA) is 93.4 Å². The molecule has 3 rings (SSSR count). The van der Waals surface area contributed by atoms with Crippen LogP contribution in [-0.4, -0.2) is 43.3 Å². The third kappa shape index (κ3) is 4.67. The second-order valence-corrected chi connectivity index (χ2v) is 6.27. The van der Waals surface area contributed by atoms with E-state index in [4.69, 9.17) is 9.47 Å². The van der Waals surface area contributed by atoms with E-state index in [1.165, 1.54) is 0 Å². The normalized spacial score (nSPS) is 10.2. The number of benzene rings is 2. The molecule has 0 bridgehead atoms. The van der Waals surface area contributed by atoms with Gasteiger partial charge in [-0.2, -0.15) is 5.26 Å². The van der Waals surface area contributed by atoms with Crippen molar-refractivity contribution >= 4 is 22.8 Å². The highest BCUT2D eigenvalue weighted by Crippen LogP contribution is 2.26. The number of fused-ring (bicyclic) bond motifs is 1. The Morgan fingerprint density at radius 1 is 1.13 bits per heavy atom. The van der Waals surface area contributed by atoms with Crippen LogP contribution in [0.5, 0.6) is 0 Å². The summed E-state index contributed by atoms with van der Waals surface area (Å²) >= 11 is 0. The first-order valence-electron chi connectivity index (χ1n) is 9.19. The van der Waals surface area contributed by atoms with Crippen LogP contribution in [0.25, 0.3) is 16.6 Å². The lowest BCUT2D eigenvalue weighted by Gasteiger charge is -2.08. The number of ether oxygens (including phenoxy) is 2. The van der Waals surface area contributed by atoms with Gasteiger partial charge in [0.15, 0.2) is 0 Å². The summed E-state index contributed by atoms with van der Waals surface area (Å²) in [4.78, 5) is 24.1. The highest BCUT2D eigenvalue weighted by Gasteiger charge is 2.14. The minimum Gasteiger partial charge on any atom is -0.462 e. The molecule has 1 amide bonds. The molecule has 0 unspecified atom stereocenters. The molecule has 1 aromatic heterocycles. The summed E-state index contributed by atoms with van der Waals surface area (Å²) in [5, 5.41) is 13.0. The summed E-state index contributed by atoms with van der Waals surface area (Å²) in [5.74, 6) is -0.599. The Bertz CT molecular complexity index is 1080. The SMILES string of the molecule is C.CCOC(=O)c1ccc(-n2cc(C#N)c3cc(C(=O)NCCOC)ccc32)cc1. The van der Waals surface area contributed by atoms with Crippen LogP contribution in [0.4, 0.5) is 0 Å². The van der Waals surface area contributed by atoms with E-state index in [2.05, 4.69) is 11.4 Å². The highest BCUT2D eigenvalue weighted by molar-refractivity contribution is 6.00. The number of carbonyl (C=O) groups excluding carboxylic acids is 2. The number of nitriles is 1. The van der Waals surface area contributed by atoms with Crippen LogP contribution >= 0.6 is 0 Å². The number of hydrogen-bond donors (Lipinski definition) is 1. The Morgan fingerprint density at radius 3 is 2.47 bits per heavy atom. The zero-order valence-electron chi connectivity index (χ0n) is 16.3. The van der Waals surface area contributed by atoms with Gasteiger partial charge in [0.25, 0.3) is 5.91 Å². The van der Waals surface area contributed by atoms with Crippen LogP contribution in [0.15, 0.2) is 48.7 Å². The van der Waals surface area contributed by atoms with E-state index < -0.39 is 0 Å². The molecule has 0 aliphatic rings. The minimum absolute atomic E-state index is 0. The molecule has 0 spiro atoms. The molecule has 30 heavy (non-hydrogen) atoms. The van der Waals surface area contributed by atoms with Gasteiger partial charge in [0.1, 0.15) is 6.07 Å². The summed E-state index contributed by atoms with van der Waals surface area (Å²) in [6.45, 7) is 2.91. The fourth-order valence-electron chi connectivity index (χ4n) is 3.02. The molecule has 0 atom stereocenters. The van der Waals surface area contributed by atoms with Crippen molar-refractivity contribution in [1.82, 2.24) is 9.88 Å². The Kier molecular flexibility index (Phi) is 7.73. The average Bonchev–Trinajstić information content (AvgIpc) is 3.12. The van der Waals surface area contributed by atoms with Crippen molar-refractivity contribution in [3.63, 3.8) is 0 Å². The van der Waals surface area contributed by atoms with E-state index in [-0.39, 0.29) is 19.3 Å². The first-order chi connectivity index (χ1) is 14.1. The number of methoxy groups -OCH3 is 1. The van der Waals surface area contributed by atoms with Gasteiger partial charge in [0.2, 0.25) is 0 Å². The fraction of sp³-hybridized carbons (Fsp3) is 0.261. The van der Waals surface area contributed by atoms with Crippen LogP contribution in [0.3, 0.4) is 0 Å². The maximum absolute atomic E-state index is 12.3. The van der Waals surface area contributed by atoms with Gasteiger partial charge >= 0.3 is 5.97 Å². The lowest BCUT2D eigenvalue weighted by Crippen LogP contribution is -2.26. The van der Waals surface area contributed by atoms with E-state index in [9.17, 15) is 14.9 Å². The Morgan fingerprint density at radius 2 is 1.83 bits per heavy atom. The monoisotopic (exact) mass is 407 g/mol. The van der Waals surface area contributed by atoms with Crippen LogP contribution < -0.4 is 5.32 Å². The number of carbonyl (C=O) groups is 2. The molecule has 0 saturated heterocycles. The third-order valence-electron chi connectivity index (χ3n) is 4.44. The van der Waals surface area contributed by atoms with Crippen molar-refractivity contribution < 1.29 is 19.1 Å². The predicted molar refractivity (Wildman–Crippen MR) is 115 cm³/mol. The van der Waals surface area contributed by atoms with Gasteiger partial charge < -0.3 is 19.4 Å². The van der Waals surface area contributed by atoms with Gasteiger partial charge in [-0.05, 0) is 49.4 Å². The van der Waals surface area contributed by atoms with Gasteiger partial charge in [0, 0.05) is 36.5 Å². The molecule has 0 aliphatic carbocycles. The first kappa shape index (κ1) is 22.7.